The average Bonchev–Trinajstić information content (AvgIpc) is 2.86. The van der Waals surface area contributed by atoms with Crippen LogP contribution in [0.5, 0.6) is 0 Å². The Hall–Kier alpha value is -2.40. The molecule has 1 aromatic heterocycles. The van der Waals surface area contributed by atoms with E-state index in [9.17, 15) is 9.59 Å². The maximum absolute atomic E-state index is 13.3. The van der Waals surface area contributed by atoms with Crippen molar-refractivity contribution < 1.29 is 4.79 Å². The molecule has 0 bridgehead atoms. The van der Waals surface area contributed by atoms with Crippen LogP contribution in [0.3, 0.4) is 0 Å². The summed E-state index contributed by atoms with van der Waals surface area (Å²) in [5.41, 5.74) is 2.46. The quantitative estimate of drug-likeness (QED) is 0.490. The fourth-order valence-corrected chi connectivity index (χ4v) is 4.80. The number of hydrogen-bond donors (Lipinski definition) is 0. The maximum Gasteiger partial charge on any atom is 0.266 e. The maximum atomic E-state index is 13.3. The lowest BCUT2D eigenvalue weighted by molar-refractivity contribution is -0.118. The number of benzene rings is 2. The lowest BCUT2D eigenvalue weighted by atomic mass is 10.2. The van der Waals surface area contributed by atoms with Gasteiger partial charge in [0.05, 0.1) is 21.8 Å². The van der Waals surface area contributed by atoms with Crippen molar-refractivity contribution in [3.63, 3.8) is 0 Å². The van der Waals surface area contributed by atoms with E-state index in [1.165, 1.54) is 11.8 Å². The van der Waals surface area contributed by atoms with Crippen molar-refractivity contribution >= 4 is 28.4 Å². The van der Waals surface area contributed by atoms with Crippen molar-refractivity contribution in [2.45, 2.75) is 49.4 Å². The molecule has 1 saturated carbocycles. The molecule has 0 amide bonds. The number of para-hydroxylation sites is 1. The molecule has 138 valence electrons. The number of ketones is 1. The van der Waals surface area contributed by atoms with Crippen molar-refractivity contribution in [1.82, 2.24) is 9.55 Å². The molecule has 0 spiro atoms. The number of nitrogens with zero attached hydrogens (tertiary/aromatic N) is 2. The van der Waals surface area contributed by atoms with Gasteiger partial charge in [-0.15, -0.1) is 0 Å². The van der Waals surface area contributed by atoms with Crippen LogP contribution in [0.25, 0.3) is 16.6 Å². The van der Waals surface area contributed by atoms with E-state index in [-0.39, 0.29) is 16.6 Å². The standard InChI is InChI=1S/C22H22N2O2S/c1-15-8-7-9-16(14-15)24-21(26)17-10-5-6-11-18(17)23-22(24)27-20-13-4-2-3-12-19(20)25/h5-11,14,20H,2-4,12-13H2,1H3/t20-/m0/s1. The van der Waals surface area contributed by atoms with Crippen LogP contribution in [0.4, 0.5) is 0 Å². The van der Waals surface area contributed by atoms with Gasteiger partial charge in [-0.05, 0) is 49.6 Å². The van der Waals surface area contributed by atoms with Gasteiger partial charge in [0.2, 0.25) is 0 Å². The summed E-state index contributed by atoms with van der Waals surface area (Å²) in [7, 11) is 0. The molecule has 4 rings (SSSR count). The number of carbonyl (C=O) groups is 1. The molecule has 1 fully saturated rings. The third kappa shape index (κ3) is 3.69. The number of rotatable bonds is 3. The van der Waals surface area contributed by atoms with Crippen LogP contribution in [-0.4, -0.2) is 20.6 Å². The highest BCUT2D eigenvalue weighted by atomic mass is 32.2. The largest absolute Gasteiger partial charge is 0.298 e. The number of Topliss-reactive ketones (excluding diaryl/α,β-unsaturated/α-hetero) is 1. The van der Waals surface area contributed by atoms with Gasteiger partial charge in [0, 0.05) is 6.42 Å². The molecule has 0 aliphatic heterocycles. The summed E-state index contributed by atoms with van der Waals surface area (Å²) in [6.45, 7) is 2.00. The number of aromatic nitrogens is 2. The van der Waals surface area contributed by atoms with Crippen molar-refractivity contribution in [3.8, 4) is 5.69 Å². The van der Waals surface area contributed by atoms with E-state index in [0.717, 1.165) is 36.9 Å². The molecule has 1 aliphatic carbocycles. The fraction of sp³-hybridized carbons (Fsp3) is 0.318. The van der Waals surface area contributed by atoms with Crippen LogP contribution in [0.1, 0.15) is 37.7 Å². The van der Waals surface area contributed by atoms with E-state index in [1.54, 1.807) is 4.57 Å². The van der Waals surface area contributed by atoms with Gasteiger partial charge in [-0.25, -0.2) is 4.98 Å². The molecule has 1 atom stereocenters. The van der Waals surface area contributed by atoms with Crippen LogP contribution < -0.4 is 5.56 Å². The van der Waals surface area contributed by atoms with Gasteiger partial charge in [0.15, 0.2) is 5.16 Å². The van der Waals surface area contributed by atoms with Gasteiger partial charge in [0.1, 0.15) is 5.78 Å². The summed E-state index contributed by atoms with van der Waals surface area (Å²) < 4.78 is 1.66. The summed E-state index contributed by atoms with van der Waals surface area (Å²) in [6.07, 6.45) is 4.58. The average molecular weight is 378 g/mol. The minimum atomic E-state index is -0.128. The molecule has 27 heavy (non-hydrogen) atoms. The Morgan fingerprint density at radius 2 is 1.89 bits per heavy atom. The second-order valence-corrected chi connectivity index (χ2v) is 8.23. The molecule has 5 heteroatoms. The van der Waals surface area contributed by atoms with Crippen LogP contribution in [0, 0.1) is 6.92 Å². The van der Waals surface area contributed by atoms with E-state index in [1.807, 2.05) is 55.5 Å². The predicted octanol–water partition coefficient (Wildman–Crippen LogP) is 4.69. The minimum Gasteiger partial charge on any atom is -0.298 e. The highest BCUT2D eigenvalue weighted by Gasteiger charge is 2.25. The number of hydrogen-bond acceptors (Lipinski definition) is 4. The first-order valence-electron chi connectivity index (χ1n) is 9.42. The van der Waals surface area contributed by atoms with Crippen LogP contribution in [0.2, 0.25) is 0 Å². The first kappa shape index (κ1) is 18.0. The fourth-order valence-electron chi connectivity index (χ4n) is 3.57. The van der Waals surface area contributed by atoms with Gasteiger partial charge in [-0.1, -0.05) is 48.9 Å². The Morgan fingerprint density at radius 3 is 2.74 bits per heavy atom. The Bertz CT molecular complexity index is 1060. The smallest absolute Gasteiger partial charge is 0.266 e. The zero-order valence-electron chi connectivity index (χ0n) is 15.4. The van der Waals surface area contributed by atoms with Crippen LogP contribution in [-0.2, 0) is 4.79 Å². The van der Waals surface area contributed by atoms with E-state index < -0.39 is 0 Å². The number of thioether (sulfide) groups is 1. The lowest BCUT2D eigenvalue weighted by Gasteiger charge is -2.17. The summed E-state index contributed by atoms with van der Waals surface area (Å²) in [4.78, 5) is 30.6. The molecule has 2 aromatic carbocycles. The van der Waals surface area contributed by atoms with E-state index in [0.29, 0.717) is 22.5 Å². The van der Waals surface area contributed by atoms with Gasteiger partial charge in [0.25, 0.3) is 5.56 Å². The minimum absolute atomic E-state index is 0.0882. The third-order valence-corrected chi connectivity index (χ3v) is 6.27. The van der Waals surface area contributed by atoms with Gasteiger partial charge >= 0.3 is 0 Å². The highest BCUT2D eigenvalue weighted by Crippen LogP contribution is 2.31. The molecule has 0 radical (unpaired) electrons. The van der Waals surface area contributed by atoms with Gasteiger partial charge in [-0.2, -0.15) is 0 Å². The van der Waals surface area contributed by atoms with E-state index >= 15 is 0 Å². The lowest BCUT2D eigenvalue weighted by Crippen LogP contribution is -2.24. The highest BCUT2D eigenvalue weighted by molar-refractivity contribution is 8.00. The second kappa shape index (κ2) is 7.69. The topological polar surface area (TPSA) is 52.0 Å². The van der Waals surface area contributed by atoms with Crippen molar-refractivity contribution in [2.75, 3.05) is 0 Å². The number of fused-ring (bicyclic) bond motifs is 1. The molecule has 0 saturated heterocycles. The van der Waals surface area contributed by atoms with Crippen LogP contribution in [0.15, 0.2) is 58.5 Å². The molecule has 0 N–H and O–H groups in total. The first-order chi connectivity index (χ1) is 13.1. The van der Waals surface area contributed by atoms with Crippen molar-refractivity contribution in [1.29, 1.82) is 0 Å². The summed E-state index contributed by atoms with van der Waals surface area (Å²) >= 11 is 1.44. The number of aryl methyl sites for hydroxylation is 1. The van der Waals surface area contributed by atoms with Gasteiger partial charge in [-0.3, -0.25) is 14.2 Å². The summed E-state index contributed by atoms with van der Waals surface area (Å²) in [6, 6.07) is 15.3. The van der Waals surface area contributed by atoms with Crippen molar-refractivity contribution in [2.24, 2.45) is 0 Å². The Morgan fingerprint density at radius 1 is 1.04 bits per heavy atom. The molecule has 3 aromatic rings. The van der Waals surface area contributed by atoms with E-state index in [4.69, 9.17) is 4.98 Å². The Balaban J connectivity index is 1.88. The first-order valence-corrected chi connectivity index (χ1v) is 10.3. The monoisotopic (exact) mass is 378 g/mol. The predicted molar refractivity (Wildman–Crippen MR) is 110 cm³/mol. The molecule has 1 aliphatic rings. The summed E-state index contributed by atoms with van der Waals surface area (Å²) in [5.74, 6) is 0.274. The Labute approximate surface area is 162 Å². The molecular formula is C22H22N2O2S. The molecule has 1 heterocycles. The SMILES string of the molecule is Cc1cccc(-n2c(S[C@H]3CCCCCC3=O)nc3ccccc3c2=O)c1. The Kier molecular flexibility index (Phi) is 5.12. The zero-order valence-corrected chi connectivity index (χ0v) is 16.2. The molecular weight excluding hydrogens is 356 g/mol. The number of carbonyl (C=O) groups excluding carboxylic acids is 1. The normalized spacial score (nSPS) is 17.8. The third-order valence-electron chi connectivity index (χ3n) is 5.00. The van der Waals surface area contributed by atoms with Crippen LogP contribution >= 0.6 is 11.8 Å². The zero-order chi connectivity index (χ0) is 18.8. The van der Waals surface area contributed by atoms with Gasteiger partial charge < -0.3 is 0 Å². The van der Waals surface area contributed by atoms with Crippen molar-refractivity contribution in [3.05, 3.63) is 64.4 Å². The van der Waals surface area contributed by atoms with E-state index in [2.05, 4.69) is 0 Å². The summed E-state index contributed by atoms with van der Waals surface area (Å²) in [5, 5.41) is 1.07. The molecule has 0 unspecified atom stereocenters. The molecule has 4 nitrogen and oxygen atoms in total. The second-order valence-electron chi connectivity index (χ2n) is 7.06.